The number of hydrogen-bond acceptors (Lipinski definition) is 4. The summed E-state index contributed by atoms with van der Waals surface area (Å²) in [5, 5.41) is 11.6. The maximum absolute atomic E-state index is 13.2. The van der Waals surface area contributed by atoms with E-state index >= 15 is 0 Å². The minimum absolute atomic E-state index is 0.213. The molecule has 2 aromatic rings. The fourth-order valence-corrected chi connectivity index (χ4v) is 4.32. The molecular weight excluding hydrogens is 429 g/mol. The van der Waals surface area contributed by atoms with Gasteiger partial charge in [0.15, 0.2) is 0 Å². The molecule has 0 saturated carbocycles. The van der Waals surface area contributed by atoms with E-state index in [2.05, 4.69) is 5.32 Å². The van der Waals surface area contributed by atoms with Crippen LogP contribution in [0.4, 0.5) is 18.9 Å². The molecular formula is C19H16ClF3N2O3S. The van der Waals surface area contributed by atoms with E-state index in [0.717, 1.165) is 18.4 Å². The predicted molar refractivity (Wildman–Crippen MR) is 103 cm³/mol. The highest BCUT2D eigenvalue weighted by Gasteiger charge is 2.39. The standard InChI is InChI=1S/C19H16ClF3N2O3S/c1-18(11-29(2,27)28,13-4-6-14(20)7-5-13)17(26)25-15-8-3-12(10-24)16(9-15)19(21,22)23/h3-9H,11H2,1-2H3,(H,25,26). The number of nitrogens with zero attached hydrogens (tertiary/aromatic N) is 1. The first-order chi connectivity index (χ1) is 13.3. The number of anilines is 1. The molecule has 1 amide bonds. The Morgan fingerprint density at radius 2 is 1.76 bits per heavy atom. The Morgan fingerprint density at radius 1 is 1.17 bits per heavy atom. The van der Waals surface area contributed by atoms with Gasteiger partial charge in [-0.15, -0.1) is 0 Å². The summed E-state index contributed by atoms with van der Waals surface area (Å²) >= 11 is 5.84. The van der Waals surface area contributed by atoms with Crippen LogP contribution in [0.25, 0.3) is 0 Å². The largest absolute Gasteiger partial charge is 0.417 e. The van der Waals surface area contributed by atoms with Crippen LogP contribution in [0.3, 0.4) is 0 Å². The van der Waals surface area contributed by atoms with E-state index in [1.807, 2.05) is 0 Å². The lowest BCUT2D eigenvalue weighted by molar-refractivity contribution is -0.137. The average molecular weight is 445 g/mol. The smallest absolute Gasteiger partial charge is 0.325 e. The average Bonchev–Trinajstić information content (AvgIpc) is 2.59. The molecule has 1 atom stereocenters. The predicted octanol–water partition coefficient (Wildman–Crippen LogP) is 4.17. The van der Waals surface area contributed by atoms with Crippen LogP contribution in [0.1, 0.15) is 23.6 Å². The number of nitriles is 1. The van der Waals surface area contributed by atoms with Crippen LogP contribution in [0.5, 0.6) is 0 Å². The highest BCUT2D eigenvalue weighted by molar-refractivity contribution is 7.90. The minimum atomic E-state index is -4.79. The van der Waals surface area contributed by atoms with Crippen molar-refractivity contribution in [1.29, 1.82) is 5.26 Å². The van der Waals surface area contributed by atoms with Crippen LogP contribution in [0.2, 0.25) is 5.02 Å². The summed E-state index contributed by atoms with van der Waals surface area (Å²) in [6.45, 7) is 1.38. The van der Waals surface area contributed by atoms with Gasteiger partial charge in [-0.05, 0) is 42.8 Å². The second-order valence-corrected chi connectivity index (χ2v) is 9.31. The molecule has 0 spiro atoms. The van der Waals surface area contributed by atoms with Crippen LogP contribution in [-0.2, 0) is 26.2 Å². The lowest BCUT2D eigenvalue weighted by atomic mass is 9.83. The molecule has 0 aliphatic heterocycles. The highest BCUT2D eigenvalue weighted by Crippen LogP contribution is 2.34. The first-order valence-corrected chi connectivity index (χ1v) is 10.6. The minimum Gasteiger partial charge on any atom is -0.325 e. The maximum Gasteiger partial charge on any atom is 0.417 e. The van der Waals surface area contributed by atoms with Gasteiger partial charge in [0, 0.05) is 17.0 Å². The molecule has 154 valence electrons. The number of halogens is 4. The van der Waals surface area contributed by atoms with Gasteiger partial charge in [0.1, 0.15) is 9.84 Å². The summed E-state index contributed by atoms with van der Waals surface area (Å²) in [4.78, 5) is 13.0. The van der Waals surface area contributed by atoms with Gasteiger partial charge in [0.2, 0.25) is 5.91 Å². The number of alkyl halides is 3. The van der Waals surface area contributed by atoms with Crippen molar-refractivity contribution >= 4 is 33.0 Å². The number of sulfone groups is 1. The quantitative estimate of drug-likeness (QED) is 0.749. The summed E-state index contributed by atoms with van der Waals surface area (Å²) in [7, 11) is -3.64. The molecule has 10 heteroatoms. The molecule has 2 aromatic carbocycles. The molecule has 0 aliphatic rings. The van der Waals surface area contributed by atoms with Crippen molar-refractivity contribution in [1.82, 2.24) is 0 Å². The van der Waals surface area contributed by atoms with Gasteiger partial charge in [-0.1, -0.05) is 23.7 Å². The molecule has 1 unspecified atom stereocenters. The fourth-order valence-electron chi connectivity index (χ4n) is 2.85. The molecule has 0 aliphatic carbocycles. The van der Waals surface area contributed by atoms with E-state index in [9.17, 15) is 26.4 Å². The Hall–Kier alpha value is -2.57. The zero-order chi connectivity index (χ0) is 22.0. The maximum atomic E-state index is 13.2. The van der Waals surface area contributed by atoms with E-state index in [1.54, 1.807) is 0 Å². The number of benzene rings is 2. The molecule has 0 aromatic heterocycles. The van der Waals surface area contributed by atoms with Crippen molar-refractivity contribution in [2.75, 3.05) is 17.3 Å². The third-order valence-electron chi connectivity index (χ3n) is 4.24. The summed E-state index contributed by atoms with van der Waals surface area (Å²) in [5.74, 6) is -1.39. The van der Waals surface area contributed by atoms with E-state index < -0.39 is 44.2 Å². The van der Waals surface area contributed by atoms with E-state index in [0.29, 0.717) is 16.7 Å². The molecule has 0 bridgehead atoms. The summed E-state index contributed by atoms with van der Waals surface area (Å²) in [6.07, 6.45) is -3.84. The molecule has 0 saturated heterocycles. The van der Waals surface area contributed by atoms with E-state index in [1.165, 1.54) is 37.3 Å². The van der Waals surface area contributed by atoms with Crippen LogP contribution >= 0.6 is 11.6 Å². The Kier molecular flexibility index (Phi) is 6.30. The number of carbonyl (C=O) groups excluding carboxylic acids is 1. The Morgan fingerprint density at radius 3 is 2.24 bits per heavy atom. The van der Waals surface area contributed by atoms with Crippen molar-refractivity contribution in [3.63, 3.8) is 0 Å². The first kappa shape index (κ1) is 22.7. The zero-order valence-corrected chi connectivity index (χ0v) is 16.9. The lowest BCUT2D eigenvalue weighted by Crippen LogP contribution is -2.43. The first-order valence-electron chi connectivity index (χ1n) is 8.13. The van der Waals surface area contributed by atoms with E-state index in [-0.39, 0.29) is 5.69 Å². The van der Waals surface area contributed by atoms with Crippen LogP contribution in [-0.4, -0.2) is 26.3 Å². The van der Waals surface area contributed by atoms with Crippen LogP contribution < -0.4 is 5.32 Å². The molecule has 5 nitrogen and oxygen atoms in total. The third-order valence-corrected chi connectivity index (χ3v) is 5.59. The van der Waals surface area contributed by atoms with Crippen molar-refractivity contribution < 1.29 is 26.4 Å². The highest BCUT2D eigenvalue weighted by atomic mass is 35.5. The fraction of sp³-hybridized carbons (Fsp3) is 0.263. The molecule has 2 rings (SSSR count). The summed E-state index contributed by atoms with van der Waals surface area (Å²) in [6, 6.07) is 10.1. The number of rotatable bonds is 5. The lowest BCUT2D eigenvalue weighted by Gasteiger charge is -2.28. The SMILES string of the molecule is CC(CS(C)(=O)=O)(C(=O)Nc1ccc(C#N)c(C(F)(F)F)c1)c1ccc(Cl)cc1. The number of carbonyl (C=O) groups is 1. The van der Waals surface area contributed by atoms with Gasteiger partial charge < -0.3 is 5.32 Å². The van der Waals surface area contributed by atoms with Crippen molar-refractivity contribution in [2.45, 2.75) is 18.5 Å². The monoisotopic (exact) mass is 444 g/mol. The van der Waals surface area contributed by atoms with Gasteiger partial charge >= 0.3 is 6.18 Å². The van der Waals surface area contributed by atoms with Crippen molar-refractivity contribution in [2.24, 2.45) is 0 Å². The molecule has 0 radical (unpaired) electrons. The van der Waals surface area contributed by atoms with Crippen molar-refractivity contribution in [3.05, 3.63) is 64.2 Å². The second-order valence-electron chi connectivity index (χ2n) is 6.73. The van der Waals surface area contributed by atoms with Crippen LogP contribution in [0.15, 0.2) is 42.5 Å². The summed E-state index contributed by atoms with van der Waals surface area (Å²) < 4.78 is 63.3. The van der Waals surface area contributed by atoms with Gasteiger partial charge in [-0.2, -0.15) is 18.4 Å². The number of nitrogens with one attached hydrogen (secondary N) is 1. The zero-order valence-electron chi connectivity index (χ0n) is 15.3. The number of hydrogen-bond donors (Lipinski definition) is 1. The van der Waals surface area contributed by atoms with Crippen molar-refractivity contribution in [3.8, 4) is 6.07 Å². The molecule has 0 fully saturated rings. The summed E-state index contributed by atoms with van der Waals surface area (Å²) in [5.41, 5.74) is -3.27. The van der Waals surface area contributed by atoms with Gasteiger partial charge in [0.05, 0.1) is 28.4 Å². The van der Waals surface area contributed by atoms with Crippen LogP contribution in [0, 0.1) is 11.3 Å². The third kappa shape index (κ3) is 5.49. The Labute approximate surface area is 171 Å². The normalized spacial score (nSPS) is 14.0. The molecule has 29 heavy (non-hydrogen) atoms. The Balaban J connectivity index is 2.48. The topological polar surface area (TPSA) is 87.0 Å². The number of amides is 1. The van der Waals surface area contributed by atoms with Gasteiger partial charge in [-0.25, -0.2) is 8.42 Å². The molecule has 1 N–H and O–H groups in total. The van der Waals surface area contributed by atoms with Gasteiger partial charge in [-0.3, -0.25) is 4.79 Å². The van der Waals surface area contributed by atoms with E-state index in [4.69, 9.17) is 16.9 Å². The van der Waals surface area contributed by atoms with Gasteiger partial charge in [0.25, 0.3) is 0 Å². The Bertz CT molecular complexity index is 1080. The molecule has 0 heterocycles. The second kappa shape index (κ2) is 8.05.